The molecule has 0 saturated carbocycles. The van der Waals surface area contributed by atoms with Gasteiger partial charge < -0.3 is 9.47 Å². The van der Waals surface area contributed by atoms with Gasteiger partial charge >= 0.3 is 0 Å². The fourth-order valence-electron chi connectivity index (χ4n) is 1.77. The van der Waals surface area contributed by atoms with Crippen LogP contribution in [0, 0.1) is 10.1 Å². The van der Waals surface area contributed by atoms with Crippen LogP contribution in [-0.2, 0) is 0 Å². The third-order valence-corrected chi connectivity index (χ3v) is 2.91. The lowest BCUT2D eigenvalue weighted by atomic mass is 10.1. The molecule has 0 radical (unpaired) electrons. The Labute approximate surface area is 120 Å². The van der Waals surface area contributed by atoms with Crippen molar-refractivity contribution in [2.75, 3.05) is 14.2 Å². The summed E-state index contributed by atoms with van der Waals surface area (Å²) >= 11 is 5.83. The maximum atomic E-state index is 11.1. The summed E-state index contributed by atoms with van der Waals surface area (Å²) in [5.41, 5.74) is 0.431. The monoisotopic (exact) mass is 294 g/mol. The highest BCUT2D eigenvalue weighted by Crippen LogP contribution is 2.37. The van der Waals surface area contributed by atoms with Crippen molar-refractivity contribution in [1.82, 2.24) is 4.98 Å². The van der Waals surface area contributed by atoms with E-state index in [2.05, 4.69) is 4.98 Å². The Hall–Kier alpha value is -2.34. The summed E-state index contributed by atoms with van der Waals surface area (Å²) in [4.78, 5) is 14.6. The second-order valence-electron chi connectivity index (χ2n) is 3.83. The Bertz CT molecular complexity index is 661. The molecule has 1 aromatic carbocycles. The number of pyridine rings is 1. The second kappa shape index (κ2) is 5.75. The van der Waals surface area contributed by atoms with Crippen molar-refractivity contribution in [2.24, 2.45) is 0 Å². The van der Waals surface area contributed by atoms with E-state index in [-0.39, 0.29) is 16.5 Å². The van der Waals surface area contributed by atoms with Crippen molar-refractivity contribution in [2.45, 2.75) is 0 Å². The average Bonchev–Trinajstić information content (AvgIpc) is 2.46. The van der Waals surface area contributed by atoms with Gasteiger partial charge in [0.2, 0.25) is 0 Å². The van der Waals surface area contributed by atoms with Crippen LogP contribution in [-0.4, -0.2) is 24.1 Å². The van der Waals surface area contributed by atoms with Crippen molar-refractivity contribution < 1.29 is 14.4 Å². The fourth-order valence-corrected chi connectivity index (χ4v) is 1.92. The SMILES string of the molecule is COc1ccc(OC)c(-c2nc(Cl)ccc2[N+](=O)[O-])c1. The standard InChI is InChI=1S/C13H11ClN2O4/c1-19-8-3-5-11(20-2)9(7-8)13-10(16(17)18)4-6-12(14)15-13/h3-7H,1-2H3. The van der Waals surface area contributed by atoms with Gasteiger partial charge in [0.25, 0.3) is 5.69 Å². The van der Waals surface area contributed by atoms with Gasteiger partial charge in [-0.05, 0) is 24.3 Å². The zero-order valence-corrected chi connectivity index (χ0v) is 11.5. The summed E-state index contributed by atoms with van der Waals surface area (Å²) in [6.07, 6.45) is 0. The van der Waals surface area contributed by atoms with E-state index in [9.17, 15) is 10.1 Å². The molecule has 0 amide bonds. The van der Waals surface area contributed by atoms with Gasteiger partial charge in [0.15, 0.2) is 5.69 Å². The highest BCUT2D eigenvalue weighted by atomic mass is 35.5. The van der Waals surface area contributed by atoms with Crippen LogP contribution in [0.5, 0.6) is 11.5 Å². The minimum Gasteiger partial charge on any atom is -0.497 e. The van der Waals surface area contributed by atoms with Gasteiger partial charge in [-0.25, -0.2) is 4.98 Å². The third-order valence-electron chi connectivity index (χ3n) is 2.70. The molecule has 6 nitrogen and oxygen atoms in total. The first-order valence-corrected chi connectivity index (χ1v) is 5.98. The largest absolute Gasteiger partial charge is 0.497 e. The van der Waals surface area contributed by atoms with Gasteiger partial charge in [-0.3, -0.25) is 10.1 Å². The molecule has 104 valence electrons. The molecule has 0 saturated heterocycles. The topological polar surface area (TPSA) is 74.5 Å². The van der Waals surface area contributed by atoms with Crippen LogP contribution in [0.15, 0.2) is 30.3 Å². The molecule has 0 unspecified atom stereocenters. The number of halogens is 1. The van der Waals surface area contributed by atoms with Crippen molar-refractivity contribution in [3.05, 3.63) is 45.6 Å². The van der Waals surface area contributed by atoms with E-state index in [1.807, 2.05) is 0 Å². The summed E-state index contributed by atoms with van der Waals surface area (Å²) in [5.74, 6) is 0.987. The maximum Gasteiger partial charge on any atom is 0.295 e. The molecule has 0 fully saturated rings. The predicted octanol–water partition coefficient (Wildman–Crippen LogP) is 3.33. The highest BCUT2D eigenvalue weighted by molar-refractivity contribution is 6.29. The van der Waals surface area contributed by atoms with E-state index >= 15 is 0 Å². The molecule has 20 heavy (non-hydrogen) atoms. The second-order valence-corrected chi connectivity index (χ2v) is 4.21. The number of hydrogen-bond donors (Lipinski definition) is 0. The Kier molecular flexibility index (Phi) is 4.05. The Morgan fingerprint density at radius 2 is 1.95 bits per heavy atom. The van der Waals surface area contributed by atoms with Gasteiger partial charge in [0, 0.05) is 6.07 Å². The Morgan fingerprint density at radius 3 is 2.55 bits per heavy atom. The zero-order valence-electron chi connectivity index (χ0n) is 10.8. The van der Waals surface area contributed by atoms with E-state index in [0.29, 0.717) is 17.1 Å². The van der Waals surface area contributed by atoms with E-state index in [1.54, 1.807) is 18.2 Å². The smallest absolute Gasteiger partial charge is 0.295 e. The summed E-state index contributed by atoms with van der Waals surface area (Å²) in [5, 5.41) is 11.3. The molecule has 2 rings (SSSR count). The third kappa shape index (κ3) is 2.65. The number of ether oxygens (including phenoxy) is 2. The molecule has 0 aliphatic carbocycles. The lowest BCUT2D eigenvalue weighted by molar-refractivity contribution is -0.384. The number of rotatable bonds is 4. The van der Waals surface area contributed by atoms with Crippen molar-refractivity contribution in [1.29, 1.82) is 0 Å². The molecular formula is C13H11ClN2O4. The normalized spacial score (nSPS) is 10.2. The van der Waals surface area contributed by atoms with E-state index < -0.39 is 4.92 Å². The van der Waals surface area contributed by atoms with Crippen molar-refractivity contribution >= 4 is 17.3 Å². The molecule has 2 aromatic rings. The molecular weight excluding hydrogens is 284 g/mol. The minimum atomic E-state index is -0.516. The summed E-state index contributed by atoms with van der Waals surface area (Å²) in [6.45, 7) is 0. The molecule has 7 heteroatoms. The predicted molar refractivity (Wildman–Crippen MR) is 74.4 cm³/mol. The zero-order chi connectivity index (χ0) is 14.7. The first kappa shape index (κ1) is 14.1. The van der Waals surface area contributed by atoms with Gasteiger partial charge in [0.05, 0.1) is 24.7 Å². The van der Waals surface area contributed by atoms with Crippen LogP contribution in [0.1, 0.15) is 0 Å². The molecule has 0 bridgehead atoms. The average molecular weight is 295 g/mol. The molecule has 0 spiro atoms. The molecule has 1 heterocycles. The first-order valence-electron chi connectivity index (χ1n) is 5.60. The van der Waals surface area contributed by atoms with E-state index in [4.69, 9.17) is 21.1 Å². The minimum absolute atomic E-state index is 0.137. The van der Waals surface area contributed by atoms with Crippen LogP contribution in [0.2, 0.25) is 5.15 Å². The van der Waals surface area contributed by atoms with Gasteiger partial charge in [-0.2, -0.15) is 0 Å². The number of nitrogens with zero attached hydrogens (tertiary/aromatic N) is 2. The number of hydrogen-bond acceptors (Lipinski definition) is 5. The van der Waals surface area contributed by atoms with E-state index in [1.165, 1.54) is 26.4 Å². The number of methoxy groups -OCH3 is 2. The Balaban J connectivity index is 2.72. The van der Waals surface area contributed by atoms with Gasteiger partial charge in [-0.15, -0.1) is 0 Å². The summed E-state index contributed by atoms with van der Waals surface area (Å²) < 4.78 is 10.3. The quantitative estimate of drug-likeness (QED) is 0.491. The van der Waals surface area contributed by atoms with Crippen LogP contribution >= 0.6 is 11.6 Å². The fraction of sp³-hybridized carbons (Fsp3) is 0.154. The Morgan fingerprint density at radius 1 is 1.20 bits per heavy atom. The van der Waals surface area contributed by atoms with Crippen LogP contribution in [0.3, 0.4) is 0 Å². The summed E-state index contributed by atoms with van der Waals surface area (Å²) in [6, 6.07) is 7.64. The number of nitro groups is 1. The van der Waals surface area contributed by atoms with Crippen LogP contribution < -0.4 is 9.47 Å². The van der Waals surface area contributed by atoms with Crippen LogP contribution in [0.25, 0.3) is 11.3 Å². The van der Waals surface area contributed by atoms with Crippen LogP contribution in [0.4, 0.5) is 5.69 Å². The van der Waals surface area contributed by atoms with Crippen molar-refractivity contribution in [3.63, 3.8) is 0 Å². The maximum absolute atomic E-state index is 11.1. The molecule has 0 atom stereocenters. The highest BCUT2D eigenvalue weighted by Gasteiger charge is 2.21. The molecule has 1 aromatic heterocycles. The van der Waals surface area contributed by atoms with Gasteiger partial charge in [0.1, 0.15) is 16.7 Å². The first-order chi connectivity index (χ1) is 9.56. The molecule has 0 aliphatic heterocycles. The molecule has 0 N–H and O–H groups in total. The van der Waals surface area contributed by atoms with Gasteiger partial charge in [-0.1, -0.05) is 11.6 Å². The summed E-state index contributed by atoms with van der Waals surface area (Å²) in [7, 11) is 2.98. The number of benzene rings is 1. The van der Waals surface area contributed by atoms with E-state index in [0.717, 1.165) is 0 Å². The lowest BCUT2D eigenvalue weighted by Crippen LogP contribution is -1.97. The van der Waals surface area contributed by atoms with Crippen molar-refractivity contribution in [3.8, 4) is 22.8 Å². The lowest BCUT2D eigenvalue weighted by Gasteiger charge is -2.10. The molecule has 0 aliphatic rings. The number of aromatic nitrogens is 1.